The minimum Gasteiger partial charge on any atom is -0.370 e. The third kappa shape index (κ3) is 3.12. The zero-order valence-electron chi connectivity index (χ0n) is 9.77. The summed E-state index contributed by atoms with van der Waals surface area (Å²) in [5.74, 6) is -1.58. The first-order chi connectivity index (χ1) is 8.29. The molecule has 5 nitrogen and oxygen atoms in total. The van der Waals surface area contributed by atoms with E-state index in [1.165, 1.54) is 0 Å². The molecule has 104 valence electrons. The lowest BCUT2D eigenvalue weighted by Gasteiger charge is -2.29. The van der Waals surface area contributed by atoms with E-state index in [0.29, 0.717) is 0 Å². The Balaban J connectivity index is 2.54. The van der Waals surface area contributed by atoms with Gasteiger partial charge in [-0.15, -0.1) is 0 Å². The van der Waals surface area contributed by atoms with Gasteiger partial charge in [0.2, 0.25) is 11.8 Å². The van der Waals surface area contributed by atoms with Crippen molar-refractivity contribution in [2.45, 2.75) is 25.4 Å². The van der Waals surface area contributed by atoms with Crippen molar-refractivity contribution in [1.29, 1.82) is 0 Å². The second-order valence-corrected chi connectivity index (χ2v) is 4.33. The molecule has 1 atom stereocenters. The average molecular weight is 267 g/mol. The summed E-state index contributed by atoms with van der Waals surface area (Å²) < 4.78 is 38.8. The van der Waals surface area contributed by atoms with Gasteiger partial charge in [-0.3, -0.25) is 9.59 Å². The molecule has 8 heteroatoms. The van der Waals surface area contributed by atoms with Gasteiger partial charge in [-0.05, 0) is 19.4 Å². The largest absolute Gasteiger partial charge is 0.404 e. The number of nitrogens with two attached hydrogens (primary N) is 1. The third-order valence-electron chi connectivity index (χ3n) is 3.02. The standard InChI is InChI=1S/C10H16F3N3O2/c11-10(12,13)9(3-5-15-6-9)8(18)16-4-1-2-7(14)17/h15H,1-6H2,(H2,14,17)(H,16,18). The van der Waals surface area contributed by atoms with Gasteiger partial charge in [0, 0.05) is 19.5 Å². The van der Waals surface area contributed by atoms with Gasteiger partial charge >= 0.3 is 6.18 Å². The van der Waals surface area contributed by atoms with Crippen LogP contribution >= 0.6 is 0 Å². The third-order valence-corrected chi connectivity index (χ3v) is 3.02. The van der Waals surface area contributed by atoms with Gasteiger partial charge in [-0.2, -0.15) is 13.2 Å². The number of rotatable bonds is 5. The molecule has 0 aliphatic carbocycles. The van der Waals surface area contributed by atoms with Crippen LogP contribution in [0.4, 0.5) is 13.2 Å². The van der Waals surface area contributed by atoms with Gasteiger partial charge in [-0.25, -0.2) is 0 Å². The van der Waals surface area contributed by atoms with Crippen molar-refractivity contribution in [2.75, 3.05) is 19.6 Å². The Labute approximate surface area is 102 Å². The average Bonchev–Trinajstić information content (AvgIpc) is 2.73. The monoisotopic (exact) mass is 267 g/mol. The molecule has 0 saturated carbocycles. The molecule has 1 aliphatic rings. The molecule has 1 heterocycles. The molecule has 1 aliphatic heterocycles. The summed E-state index contributed by atoms with van der Waals surface area (Å²) >= 11 is 0. The zero-order valence-corrected chi connectivity index (χ0v) is 9.77. The molecule has 0 radical (unpaired) electrons. The number of amides is 2. The highest BCUT2D eigenvalue weighted by Gasteiger charge is 2.61. The van der Waals surface area contributed by atoms with Gasteiger partial charge < -0.3 is 16.4 Å². The number of carbonyl (C=O) groups is 2. The summed E-state index contributed by atoms with van der Waals surface area (Å²) in [6.45, 7) is -0.230. The minimum atomic E-state index is -4.58. The maximum absolute atomic E-state index is 12.9. The normalized spacial score (nSPS) is 23.9. The molecule has 0 aromatic carbocycles. The fourth-order valence-electron chi connectivity index (χ4n) is 1.89. The topological polar surface area (TPSA) is 84.2 Å². The number of primary amides is 1. The molecule has 0 aromatic rings. The smallest absolute Gasteiger partial charge is 0.370 e. The van der Waals surface area contributed by atoms with E-state index in [-0.39, 0.29) is 32.4 Å². The van der Waals surface area contributed by atoms with Crippen LogP contribution in [-0.2, 0) is 9.59 Å². The fourth-order valence-corrected chi connectivity index (χ4v) is 1.89. The highest BCUT2D eigenvalue weighted by Crippen LogP contribution is 2.43. The summed E-state index contributed by atoms with van der Waals surface area (Å²) in [5.41, 5.74) is 2.54. The zero-order chi connectivity index (χ0) is 13.8. The highest BCUT2D eigenvalue weighted by atomic mass is 19.4. The first kappa shape index (κ1) is 14.7. The fraction of sp³-hybridized carbons (Fsp3) is 0.800. The van der Waals surface area contributed by atoms with Crippen molar-refractivity contribution >= 4 is 11.8 Å². The van der Waals surface area contributed by atoms with Crippen LogP contribution in [0.25, 0.3) is 0 Å². The van der Waals surface area contributed by atoms with Crippen molar-refractivity contribution in [1.82, 2.24) is 10.6 Å². The Bertz CT molecular complexity index is 325. The van der Waals surface area contributed by atoms with Crippen molar-refractivity contribution in [2.24, 2.45) is 11.1 Å². The molecule has 0 bridgehead atoms. The molecule has 0 aromatic heterocycles. The number of halogens is 3. The maximum Gasteiger partial charge on any atom is 0.404 e. The predicted molar refractivity (Wildman–Crippen MR) is 57.4 cm³/mol. The SMILES string of the molecule is NC(=O)CCCNC(=O)C1(C(F)(F)F)CCNC1. The highest BCUT2D eigenvalue weighted by molar-refractivity contribution is 5.84. The Morgan fingerprint density at radius 1 is 1.39 bits per heavy atom. The molecule has 0 spiro atoms. The lowest BCUT2D eigenvalue weighted by molar-refractivity contribution is -0.216. The first-order valence-corrected chi connectivity index (χ1v) is 5.64. The number of alkyl halides is 3. The second-order valence-electron chi connectivity index (χ2n) is 4.33. The van der Waals surface area contributed by atoms with Crippen molar-refractivity contribution in [3.05, 3.63) is 0 Å². The maximum atomic E-state index is 12.9. The Morgan fingerprint density at radius 3 is 2.50 bits per heavy atom. The summed E-state index contributed by atoms with van der Waals surface area (Å²) in [5, 5.41) is 4.77. The molecule has 1 fully saturated rings. The summed E-state index contributed by atoms with van der Waals surface area (Å²) in [4.78, 5) is 22.1. The first-order valence-electron chi connectivity index (χ1n) is 5.64. The van der Waals surface area contributed by atoms with E-state index in [1.807, 2.05) is 0 Å². The molecule has 1 unspecified atom stereocenters. The number of carbonyl (C=O) groups excluding carboxylic acids is 2. The van der Waals surface area contributed by atoms with Gasteiger partial charge in [0.15, 0.2) is 5.41 Å². The molecule has 18 heavy (non-hydrogen) atoms. The van der Waals surface area contributed by atoms with Gasteiger partial charge in [-0.1, -0.05) is 0 Å². The second kappa shape index (κ2) is 5.55. The van der Waals surface area contributed by atoms with E-state index in [4.69, 9.17) is 5.73 Å². The molecule has 2 amide bonds. The van der Waals surface area contributed by atoms with Gasteiger partial charge in [0.25, 0.3) is 0 Å². The molecular formula is C10H16F3N3O2. The Hall–Kier alpha value is -1.31. The van der Waals surface area contributed by atoms with Gasteiger partial charge in [0.1, 0.15) is 0 Å². The van der Waals surface area contributed by atoms with Crippen LogP contribution in [0.1, 0.15) is 19.3 Å². The summed E-state index contributed by atoms with van der Waals surface area (Å²) in [7, 11) is 0. The predicted octanol–water partition coefficient (Wildman–Crippen LogP) is -0.0899. The van der Waals surface area contributed by atoms with Crippen molar-refractivity contribution in [3.8, 4) is 0 Å². The van der Waals surface area contributed by atoms with Crippen LogP contribution < -0.4 is 16.4 Å². The van der Waals surface area contributed by atoms with Crippen LogP contribution in [0, 0.1) is 5.41 Å². The lowest BCUT2D eigenvalue weighted by atomic mass is 9.85. The van der Waals surface area contributed by atoms with E-state index in [1.54, 1.807) is 0 Å². The quantitative estimate of drug-likeness (QED) is 0.609. The number of nitrogens with one attached hydrogen (secondary N) is 2. The van der Waals surface area contributed by atoms with E-state index in [0.717, 1.165) is 0 Å². The molecule has 4 N–H and O–H groups in total. The van der Waals surface area contributed by atoms with Crippen LogP contribution in [-0.4, -0.2) is 37.6 Å². The lowest BCUT2D eigenvalue weighted by Crippen LogP contribution is -2.52. The van der Waals surface area contributed by atoms with Crippen LogP contribution in [0.2, 0.25) is 0 Å². The molecule has 1 saturated heterocycles. The van der Waals surface area contributed by atoms with Crippen LogP contribution in [0.5, 0.6) is 0 Å². The molecule has 1 rings (SSSR count). The van der Waals surface area contributed by atoms with Crippen LogP contribution in [0.15, 0.2) is 0 Å². The van der Waals surface area contributed by atoms with Crippen LogP contribution in [0.3, 0.4) is 0 Å². The summed E-state index contributed by atoms with van der Waals surface area (Å²) in [6.07, 6.45) is -4.57. The minimum absolute atomic E-state index is 0.0135. The van der Waals surface area contributed by atoms with E-state index in [9.17, 15) is 22.8 Å². The van der Waals surface area contributed by atoms with E-state index in [2.05, 4.69) is 10.6 Å². The molecular weight excluding hydrogens is 251 g/mol. The number of hydrogen-bond acceptors (Lipinski definition) is 3. The summed E-state index contributed by atoms with van der Waals surface area (Å²) in [6, 6.07) is 0. The van der Waals surface area contributed by atoms with Crippen molar-refractivity contribution in [3.63, 3.8) is 0 Å². The van der Waals surface area contributed by atoms with Crippen molar-refractivity contribution < 1.29 is 22.8 Å². The number of hydrogen-bond donors (Lipinski definition) is 3. The van der Waals surface area contributed by atoms with E-state index >= 15 is 0 Å². The Kier molecular flexibility index (Phi) is 4.55. The Morgan fingerprint density at radius 2 is 2.06 bits per heavy atom. The van der Waals surface area contributed by atoms with E-state index < -0.39 is 30.0 Å². The van der Waals surface area contributed by atoms with Gasteiger partial charge in [0.05, 0.1) is 0 Å².